The van der Waals surface area contributed by atoms with Crippen LogP contribution in [-0.2, 0) is 0 Å². The molecule has 2 N–H and O–H groups in total. The summed E-state index contributed by atoms with van der Waals surface area (Å²) in [6, 6.07) is 13.5. The first-order valence-electron chi connectivity index (χ1n) is 7.33. The number of hydrogen-bond donors (Lipinski definition) is 2. The van der Waals surface area contributed by atoms with Gasteiger partial charge in [0.25, 0.3) is 0 Å². The summed E-state index contributed by atoms with van der Waals surface area (Å²) in [7, 11) is 0. The third-order valence-corrected chi connectivity index (χ3v) is 4.51. The molecule has 0 amide bonds. The number of aromatic nitrogens is 1. The lowest BCUT2D eigenvalue weighted by molar-refractivity contribution is 0.104. The Hall–Kier alpha value is -2.24. The Morgan fingerprint density at radius 2 is 1.87 bits per heavy atom. The van der Waals surface area contributed by atoms with Crippen LogP contribution in [0.15, 0.2) is 46.9 Å². The van der Waals surface area contributed by atoms with E-state index in [1.54, 1.807) is 0 Å². The molecule has 1 aliphatic rings. The molecule has 114 valence electrons. The number of benzene rings is 2. The van der Waals surface area contributed by atoms with Gasteiger partial charge >= 0.3 is 0 Å². The second-order valence-corrected chi connectivity index (χ2v) is 6.31. The van der Waals surface area contributed by atoms with E-state index in [1.807, 2.05) is 42.5 Å². The molecule has 1 aromatic heterocycles. The molecule has 0 bridgehead atoms. The van der Waals surface area contributed by atoms with Crippen molar-refractivity contribution in [2.45, 2.75) is 0 Å². The van der Waals surface area contributed by atoms with Gasteiger partial charge in [0, 0.05) is 27.5 Å². The highest BCUT2D eigenvalue weighted by molar-refractivity contribution is 9.10. The molecule has 0 spiro atoms. The van der Waals surface area contributed by atoms with Crippen LogP contribution in [0.25, 0.3) is 22.0 Å². The van der Waals surface area contributed by atoms with Crippen LogP contribution in [-0.4, -0.2) is 29.0 Å². The fourth-order valence-electron chi connectivity index (χ4n) is 3.07. The number of pyridine rings is 1. The van der Waals surface area contributed by atoms with Crippen LogP contribution in [0.5, 0.6) is 0 Å². The molecule has 1 heterocycles. The van der Waals surface area contributed by atoms with Crippen LogP contribution in [0, 0.1) is 0 Å². The zero-order valence-corrected chi connectivity index (χ0v) is 13.7. The second kappa shape index (κ2) is 5.44. The summed E-state index contributed by atoms with van der Waals surface area (Å²) in [5, 5.41) is 13.1. The zero-order valence-electron chi connectivity index (χ0n) is 12.1. The molecule has 4 rings (SSSR count). The smallest absolute Gasteiger partial charge is 0.198 e. The number of ketones is 1. The molecule has 0 saturated heterocycles. The Morgan fingerprint density at radius 1 is 1.09 bits per heavy atom. The number of carbonyl (C=O) groups excluding carboxylic acids is 1. The predicted molar refractivity (Wildman–Crippen MR) is 93.9 cm³/mol. The summed E-state index contributed by atoms with van der Waals surface area (Å²) in [4.78, 5) is 17.4. The highest BCUT2D eigenvalue weighted by atomic mass is 79.9. The fraction of sp³-hybridized carbons (Fsp3) is 0.111. The van der Waals surface area contributed by atoms with Crippen LogP contribution >= 0.6 is 15.9 Å². The maximum absolute atomic E-state index is 12.8. The Morgan fingerprint density at radius 3 is 2.65 bits per heavy atom. The van der Waals surface area contributed by atoms with Crippen LogP contribution in [0.3, 0.4) is 0 Å². The summed E-state index contributed by atoms with van der Waals surface area (Å²) in [5.41, 5.74) is 3.95. The van der Waals surface area contributed by atoms with Gasteiger partial charge in [-0.3, -0.25) is 4.79 Å². The Labute approximate surface area is 141 Å². The van der Waals surface area contributed by atoms with Crippen molar-refractivity contribution in [3.63, 3.8) is 0 Å². The molecule has 4 nitrogen and oxygen atoms in total. The predicted octanol–water partition coefficient (Wildman–Crippen LogP) is 3.61. The highest BCUT2D eigenvalue weighted by Gasteiger charge is 2.31. The van der Waals surface area contributed by atoms with Gasteiger partial charge in [-0.05, 0) is 23.8 Å². The van der Waals surface area contributed by atoms with Crippen molar-refractivity contribution in [2.24, 2.45) is 0 Å². The third-order valence-electron chi connectivity index (χ3n) is 4.02. The number of nitrogens with one attached hydrogen (secondary N) is 1. The Bertz CT molecular complexity index is 953. The molecule has 23 heavy (non-hydrogen) atoms. The quantitative estimate of drug-likeness (QED) is 0.579. The van der Waals surface area contributed by atoms with E-state index in [0.717, 1.165) is 26.5 Å². The monoisotopic (exact) mass is 368 g/mol. The van der Waals surface area contributed by atoms with Gasteiger partial charge in [-0.1, -0.05) is 40.2 Å². The number of nitrogens with zero attached hydrogens (tertiary/aromatic N) is 1. The van der Waals surface area contributed by atoms with Gasteiger partial charge in [0.15, 0.2) is 5.78 Å². The van der Waals surface area contributed by atoms with Crippen molar-refractivity contribution in [2.75, 3.05) is 18.5 Å². The molecule has 0 fully saturated rings. The van der Waals surface area contributed by atoms with E-state index < -0.39 is 0 Å². The number of aliphatic hydroxyl groups is 1. The molecule has 2 aromatic carbocycles. The number of hydrogen-bond acceptors (Lipinski definition) is 4. The molecule has 0 aliphatic heterocycles. The molecule has 1 aliphatic carbocycles. The van der Waals surface area contributed by atoms with Gasteiger partial charge in [0.2, 0.25) is 0 Å². The van der Waals surface area contributed by atoms with E-state index >= 15 is 0 Å². The maximum atomic E-state index is 12.8. The molecular formula is C18H13BrN2O2. The van der Waals surface area contributed by atoms with E-state index in [9.17, 15) is 4.79 Å². The van der Waals surface area contributed by atoms with E-state index in [1.165, 1.54) is 0 Å². The summed E-state index contributed by atoms with van der Waals surface area (Å²) in [6.07, 6.45) is 0. The normalized spacial score (nSPS) is 12.3. The lowest BCUT2D eigenvalue weighted by Crippen LogP contribution is -2.11. The van der Waals surface area contributed by atoms with E-state index in [0.29, 0.717) is 23.5 Å². The van der Waals surface area contributed by atoms with Crippen molar-refractivity contribution in [3.8, 4) is 11.1 Å². The maximum Gasteiger partial charge on any atom is 0.198 e. The minimum Gasteiger partial charge on any atom is -0.395 e. The molecule has 0 saturated carbocycles. The summed E-state index contributed by atoms with van der Waals surface area (Å²) in [5.74, 6) is 0.510. The molecule has 0 atom stereocenters. The van der Waals surface area contributed by atoms with Gasteiger partial charge < -0.3 is 10.4 Å². The lowest BCUT2D eigenvalue weighted by Gasteiger charge is -2.12. The summed E-state index contributed by atoms with van der Waals surface area (Å²) in [6.45, 7) is 0.334. The Kier molecular flexibility index (Phi) is 3.39. The van der Waals surface area contributed by atoms with Gasteiger partial charge in [-0.25, -0.2) is 4.98 Å². The van der Waals surface area contributed by atoms with Crippen molar-refractivity contribution in [1.29, 1.82) is 0 Å². The van der Waals surface area contributed by atoms with Gasteiger partial charge in [0.1, 0.15) is 5.82 Å². The van der Waals surface area contributed by atoms with E-state index in [2.05, 4.69) is 26.2 Å². The highest BCUT2D eigenvalue weighted by Crippen LogP contribution is 2.44. The van der Waals surface area contributed by atoms with Gasteiger partial charge in [0.05, 0.1) is 17.7 Å². The van der Waals surface area contributed by atoms with Crippen LogP contribution < -0.4 is 5.32 Å². The van der Waals surface area contributed by atoms with Gasteiger partial charge in [-0.15, -0.1) is 0 Å². The minimum absolute atomic E-state index is 0.0179. The number of anilines is 1. The number of rotatable bonds is 3. The molecule has 0 unspecified atom stereocenters. The molecule has 0 radical (unpaired) electrons. The number of halogens is 1. The minimum atomic E-state index is -0.0228. The second-order valence-electron chi connectivity index (χ2n) is 5.40. The summed E-state index contributed by atoms with van der Waals surface area (Å²) >= 11 is 3.49. The largest absolute Gasteiger partial charge is 0.395 e. The van der Waals surface area contributed by atoms with Crippen molar-refractivity contribution in [1.82, 2.24) is 4.98 Å². The topological polar surface area (TPSA) is 62.2 Å². The SMILES string of the molecule is O=C1c2ccccc2-c2c1c(NCCO)nc1ccc(Br)cc21. The molecule has 5 heteroatoms. The van der Waals surface area contributed by atoms with Crippen molar-refractivity contribution < 1.29 is 9.90 Å². The van der Waals surface area contributed by atoms with Crippen molar-refractivity contribution >= 4 is 38.4 Å². The first-order valence-corrected chi connectivity index (χ1v) is 8.12. The van der Waals surface area contributed by atoms with Crippen LogP contribution in [0.2, 0.25) is 0 Å². The molecular weight excluding hydrogens is 356 g/mol. The molecule has 3 aromatic rings. The summed E-state index contributed by atoms with van der Waals surface area (Å²) < 4.78 is 0.946. The Balaban J connectivity index is 2.10. The average Bonchev–Trinajstić information content (AvgIpc) is 2.87. The van der Waals surface area contributed by atoms with Crippen molar-refractivity contribution in [3.05, 3.63) is 58.1 Å². The first-order chi connectivity index (χ1) is 11.2. The average molecular weight is 369 g/mol. The number of fused-ring (bicyclic) bond motifs is 5. The zero-order chi connectivity index (χ0) is 16.0. The fourth-order valence-corrected chi connectivity index (χ4v) is 3.43. The lowest BCUT2D eigenvalue weighted by atomic mass is 10.0. The van der Waals surface area contributed by atoms with Crippen LogP contribution in [0.1, 0.15) is 15.9 Å². The number of carbonyl (C=O) groups is 1. The van der Waals surface area contributed by atoms with E-state index in [-0.39, 0.29) is 12.4 Å². The third kappa shape index (κ3) is 2.16. The van der Waals surface area contributed by atoms with Gasteiger partial charge in [-0.2, -0.15) is 0 Å². The standard InChI is InChI=1S/C18H13BrN2O2/c19-10-5-6-14-13(9-10)15-11-3-1-2-4-12(11)17(23)16(15)18(21-14)20-7-8-22/h1-6,9,22H,7-8H2,(H,20,21). The van der Waals surface area contributed by atoms with Crippen LogP contribution in [0.4, 0.5) is 5.82 Å². The number of aliphatic hydroxyl groups excluding tert-OH is 1. The first kappa shape index (κ1) is 14.4. The van der Waals surface area contributed by atoms with E-state index in [4.69, 9.17) is 5.11 Å².